The van der Waals surface area contributed by atoms with E-state index < -0.39 is 0 Å². The molecule has 0 bridgehead atoms. The first-order chi connectivity index (χ1) is 9.65. The predicted molar refractivity (Wildman–Crippen MR) is 81.1 cm³/mol. The predicted octanol–water partition coefficient (Wildman–Crippen LogP) is 4.02. The number of nitrogens with two attached hydrogens (primary N) is 1. The maximum atomic E-state index is 12.9. The minimum Gasteiger partial charge on any atom is -0.384 e. The summed E-state index contributed by atoms with van der Waals surface area (Å²) in [5, 5.41) is 4.48. The van der Waals surface area contributed by atoms with Gasteiger partial charge in [0.05, 0.1) is 11.4 Å². The van der Waals surface area contributed by atoms with Crippen molar-refractivity contribution in [2.24, 2.45) is 0 Å². The van der Waals surface area contributed by atoms with Crippen LogP contribution in [0.3, 0.4) is 0 Å². The first kappa shape index (κ1) is 12.9. The molecule has 0 saturated carbocycles. The summed E-state index contributed by atoms with van der Waals surface area (Å²) in [5.41, 5.74) is 8.40. The standard InChI is InChI=1S/C15H11BrFN3/c16-12-3-1-2-4-14(12)20-15(18)9-13(19-20)10-5-7-11(17)8-6-10/h1-9H,18H2. The number of hydrogen-bond acceptors (Lipinski definition) is 2. The second-order valence-corrected chi connectivity index (χ2v) is 5.18. The van der Waals surface area contributed by atoms with Gasteiger partial charge in [0.25, 0.3) is 0 Å². The summed E-state index contributed by atoms with van der Waals surface area (Å²) in [6.07, 6.45) is 0. The van der Waals surface area contributed by atoms with Crippen LogP contribution in [0, 0.1) is 5.82 Å². The summed E-state index contributed by atoms with van der Waals surface area (Å²) in [7, 11) is 0. The Morgan fingerprint density at radius 1 is 1.05 bits per heavy atom. The molecule has 5 heteroatoms. The van der Waals surface area contributed by atoms with Gasteiger partial charge in [-0.15, -0.1) is 0 Å². The van der Waals surface area contributed by atoms with E-state index in [1.807, 2.05) is 24.3 Å². The molecule has 0 unspecified atom stereocenters. The molecule has 3 nitrogen and oxygen atoms in total. The highest BCUT2D eigenvalue weighted by atomic mass is 79.9. The third-order valence-corrected chi connectivity index (χ3v) is 3.63. The summed E-state index contributed by atoms with van der Waals surface area (Å²) in [6.45, 7) is 0. The smallest absolute Gasteiger partial charge is 0.127 e. The SMILES string of the molecule is Nc1cc(-c2ccc(F)cc2)nn1-c1ccccc1Br. The Bertz CT molecular complexity index is 750. The third kappa shape index (κ3) is 2.32. The third-order valence-electron chi connectivity index (χ3n) is 2.96. The second-order valence-electron chi connectivity index (χ2n) is 4.32. The fraction of sp³-hybridized carbons (Fsp3) is 0. The molecule has 0 fully saturated rings. The topological polar surface area (TPSA) is 43.8 Å². The van der Waals surface area contributed by atoms with E-state index in [0.717, 1.165) is 15.7 Å². The average Bonchev–Trinajstić information content (AvgIpc) is 2.82. The van der Waals surface area contributed by atoms with Crippen molar-refractivity contribution in [3.63, 3.8) is 0 Å². The maximum Gasteiger partial charge on any atom is 0.127 e. The molecule has 0 atom stereocenters. The normalized spacial score (nSPS) is 10.7. The minimum atomic E-state index is -0.271. The summed E-state index contributed by atoms with van der Waals surface area (Å²) in [6, 6.07) is 15.6. The molecule has 100 valence electrons. The lowest BCUT2D eigenvalue weighted by atomic mass is 10.1. The summed E-state index contributed by atoms with van der Waals surface area (Å²) >= 11 is 3.48. The molecule has 1 heterocycles. The van der Waals surface area contributed by atoms with Crippen molar-refractivity contribution in [3.8, 4) is 16.9 Å². The fourth-order valence-electron chi connectivity index (χ4n) is 1.97. The van der Waals surface area contributed by atoms with Crippen molar-refractivity contribution in [1.29, 1.82) is 0 Å². The number of para-hydroxylation sites is 1. The van der Waals surface area contributed by atoms with Crippen LogP contribution < -0.4 is 5.73 Å². The van der Waals surface area contributed by atoms with Gasteiger partial charge in [-0.2, -0.15) is 5.10 Å². The molecule has 0 radical (unpaired) electrons. The molecule has 0 saturated heterocycles. The lowest BCUT2D eigenvalue weighted by Gasteiger charge is -2.05. The highest BCUT2D eigenvalue weighted by Crippen LogP contribution is 2.26. The highest BCUT2D eigenvalue weighted by molar-refractivity contribution is 9.10. The van der Waals surface area contributed by atoms with Gasteiger partial charge in [-0.25, -0.2) is 9.07 Å². The van der Waals surface area contributed by atoms with Crippen LogP contribution in [-0.2, 0) is 0 Å². The second kappa shape index (κ2) is 5.09. The molecule has 1 aromatic heterocycles. The van der Waals surface area contributed by atoms with Crippen LogP contribution in [0.1, 0.15) is 0 Å². The largest absolute Gasteiger partial charge is 0.384 e. The Labute approximate surface area is 124 Å². The number of benzene rings is 2. The Kier molecular flexibility index (Phi) is 3.28. The highest BCUT2D eigenvalue weighted by Gasteiger charge is 2.10. The number of anilines is 1. The number of nitrogen functional groups attached to an aromatic ring is 1. The van der Waals surface area contributed by atoms with Gasteiger partial charge in [0.2, 0.25) is 0 Å². The van der Waals surface area contributed by atoms with Crippen molar-refractivity contribution in [2.75, 3.05) is 5.73 Å². The van der Waals surface area contributed by atoms with Crippen LogP contribution in [-0.4, -0.2) is 9.78 Å². The zero-order valence-corrected chi connectivity index (χ0v) is 12.0. The summed E-state index contributed by atoms with van der Waals surface area (Å²) < 4.78 is 15.5. The molecular formula is C15H11BrFN3. The van der Waals surface area contributed by atoms with Gasteiger partial charge in [-0.3, -0.25) is 0 Å². The maximum absolute atomic E-state index is 12.9. The van der Waals surface area contributed by atoms with Crippen LogP contribution >= 0.6 is 15.9 Å². The first-order valence-corrected chi connectivity index (χ1v) is 6.81. The van der Waals surface area contributed by atoms with Crippen molar-refractivity contribution in [3.05, 3.63) is 64.9 Å². The van der Waals surface area contributed by atoms with Crippen molar-refractivity contribution in [1.82, 2.24) is 9.78 Å². The molecule has 2 aromatic carbocycles. The average molecular weight is 332 g/mol. The Hall–Kier alpha value is -2.14. The molecule has 2 N–H and O–H groups in total. The lowest BCUT2D eigenvalue weighted by molar-refractivity contribution is 0.628. The molecule has 3 rings (SSSR count). The molecule has 0 aliphatic carbocycles. The zero-order valence-electron chi connectivity index (χ0n) is 10.4. The summed E-state index contributed by atoms with van der Waals surface area (Å²) in [5.74, 6) is 0.253. The molecule has 0 aliphatic rings. The van der Waals surface area contributed by atoms with Gasteiger partial charge >= 0.3 is 0 Å². The minimum absolute atomic E-state index is 0.271. The molecule has 20 heavy (non-hydrogen) atoms. The van der Waals surface area contributed by atoms with Crippen LogP contribution in [0.4, 0.5) is 10.2 Å². The molecule has 0 amide bonds. The molecule has 3 aromatic rings. The molecule has 0 spiro atoms. The Morgan fingerprint density at radius 3 is 2.45 bits per heavy atom. The van der Waals surface area contributed by atoms with Crippen LogP contribution in [0.15, 0.2) is 59.1 Å². The van der Waals surface area contributed by atoms with Gasteiger partial charge in [0.1, 0.15) is 11.6 Å². The van der Waals surface area contributed by atoms with E-state index in [9.17, 15) is 4.39 Å². The lowest BCUT2D eigenvalue weighted by Crippen LogP contribution is -2.02. The molecular weight excluding hydrogens is 321 g/mol. The van der Waals surface area contributed by atoms with E-state index in [2.05, 4.69) is 21.0 Å². The monoisotopic (exact) mass is 331 g/mol. The van der Waals surface area contributed by atoms with E-state index in [-0.39, 0.29) is 5.82 Å². The zero-order chi connectivity index (χ0) is 14.1. The van der Waals surface area contributed by atoms with Gasteiger partial charge < -0.3 is 5.73 Å². The van der Waals surface area contributed by atoms with E-state index in [1.54, 1.807) is 22.9 Å². The number of nitrogens with zero attached hydrogens (tertiary/aromatic N) is 2. The quantitative estimate of drug-likeness (QED) is 0.770. The first-order valence-electron chi connectivity index (χ1n) is 6.01. The number of aromatic nitrogens is 2. The van der Waals surface area contributed by atoms with Crippen molar-refractivity contribution < 1.29 is 4.39 Å². The van der Waals surface area contributed by atoms with E-state index >= 15 is 0 Å². The molecule has 0 aliphatic heterocycles. The van der Waals surface area contributed by atoms with Crippen LogP contribution in [0.5, 0.6) is 0 Å². The summed E-state index contributed by atoms with van der Waals surface area (Å²) in [4.78, 5) is 0. The van der Waals surface area contributed by atoms with Gasteiger partial charge in [-0.1, -0.05) is 12.1 Å². The number of hydrogen-bond donors (Lipinski definition) is 1. The van der Waals surface area contributed by atoms with E-state index in [0.29, 0.717) is 11.5 Å². The van der Waals surface area contributed by atoms with Crippen LogP contribution in [0.2, 0.25) is 0 Å². The van der Waals surface area contributed by atoms with Gasteiger partial charge in [0.15, 0.2) is 0 Å². The number of rotatable bonds is 2. The van der Waals surface area contributed by atoms with E-state index in [1.165, 1.54) is 12.1 Å². The van der Waals surface area contributed by atoms with Crippen LogP contribution in [0.25, 0.3) is 16.9 Å². The van der Waals surface area contributed by atoms with Crippen molar-refractivity contribution in [2.45, 2.75) is 0 Å². The Morgan fingerprint density at radius 2 is 1.75 bits per heavy atom. The number of halogens is 2. The fourth-order valence-corrected chi connectivity index (χ4v) is 2.43. The van der Waals surface area contributed by atoms with Crippen molar-refractivity contribution >= 4 is 21.7 Å². The Balaban J connectivity index is 2.08. The van der Waals surface area contributed by atoms with E-state index in [4.69, 9.17) is 5.73 Å². The van der Waals surface area contributed by atoms with Gasteiger partial charge in [-0.05, 0) is 52.3 Å². The van der Waals surface area contributed by atoms with Gasteiger partial charge in [0, 0.05) is 16.1 Å².